The van der Waals surface area contributed by atoms with Crippen molar-refractivity contribution in [1.29, 1.82) is 0 Å². The molecule has 35 heavy (non-hydrogen) atoms. The number of benzene rings is 4. The smallest absolute Gasteiger partial charge is 0.127 e. The summed E-state index contributed by atoms with van der Waals surface area (Å²) in [6, 6.07) is 29.3. The fourth-order valence-electron chi connectivity index (χ4n) is 3.09. The van der Waals surface area contributed by atoms with Gasteiger partial charge in [-0.2, -0.15) is 0 Å². The highest BCUT2D eigenvalue weighted by molar-refractivity contribution is 5.44. The van der Waals surface area contributed by atoms with Crippen LogP contribution >= 0.6 is 0 Å². The molecule has 0 unspecified atom stereocenters. The van der Waals surface area contributed by atoms with E-state index in [1.165, 1.54) is 0 Å². The highest BCUT2D eigenvalue weighted by Gasteiger charge is 2.01. The second-order valence-corrected chi connectivity index (χ2v) is 7.59. The Morgan fingerprint density at radius 2 is 0.657 bits per heavy atom. The standard InChI is InChI=1S/C28H28N2O5/c29-21-1-5-25(6-2-21)34-27-13-9-23(10-14-27)32-19-17-31-18-20-33-24-11-15-28(16-12-24)35-26-7-3-22(30)4-8-26/h1-16H,17-20,29-30H2. The lowest BCUT2D eigenvalue weighted by Gasteiger charge is -2.10. The molecule has 4 aromatic carbocycles. The molecule has 7 nitrogen and oxygen atoms in total. The molecule has 0 aromatic heterocycles. The molecule has 0 saturated carbocycles. The van der Waals surface area contributed by atoms with Gasteiger partial charge >= 0.3 is 0 Å². The summed E-state index contributed by atoms with van der Waals surface area (Å²) < 4.78 is 28.5. The van der Waals surface area contributed by atoms with Crippen LogP contribution in [0.5, 0.6) is 34.5 Å². The maximum atomic E-state index is 5.77. The molecule has 4 aromatic rings. The van der Waals surface area contributed by atoms with Crippen molar-refractivity contribution in [1.82, 2.24) is 0 Å². The van der Waals surface area contributed by atoms with Crippen molar-refractivity contribution >= 4 is 11.4 Å². The summed E-state index contributed by atoms with van der Waals surface area (Å²) in [6.07, 6.45) is 0. The molecule has 0 radical (unpaired) electrons. The molecule has 4 N–H and O–H groups in total. The second kappa shape index (κ2) is 12.2. The fraction of sp³-hybridized carbons (Fsp3) is 0.143. The zero-order valence-corrected chi connectivity index (χ0v) is 19.3. The van der Waals surface area contributed by atoms with Crippen LogP contribution in [0.15, 0.2) is 97.1 Å². The van der Waals surface area contributed by atoms with Gasteiger partial charge in [-0.25, -0.2) is 0 Å². The van der Waals surface area contributed by atoms with Gasteiger partial charge in [0.25, 0.3) is 0 Å². The molecule has 7 heteroatoms. The fourth-order valence-corrected chi connectivity index (χ4v) is 3.09. The highest BCUT2D eigenvalue weighted by atomic mass is 16.5. The topological polar surface area (TPSA) is 98.2 Å². The predicted octanol–water partition coefficient (Wildman–Crippen LogP) is 5.91. The van der Waals surface area contributed by atoms with Crippen LogP contribution in [0.3, 0.4) is 0 Å². The van der Waals surface area contributed by atoms with Crippen molar-refractivity contribution in [3.05, 3.63) is 97.1 Å². The summed E-state index contributed by atoms with van der Waals surface area (Å²) in [5, 5.41) is 0. The summed E-state index contributed by atoms with van der Waals surface area (Å²) in [6.45, 7) is 1.80. The van der Waals surface area contributed by atoms with Gasteiger partial charge < -0.3 is 35.2 Å². The van der Waals surface area contributed by atoms with Crippen molar-refractivity contribution in [2.45, 2.75) is 0 Å². The number of nitrogens with two attached hydrogens (primary N) is 2. The lowest BCUT2D eigenvalue weighted by atomic mass is 10.3. The van der Waals surface area contributed by atoms with E-state index in [1.807, 2.05) is 72.8 Å². The third-order valence-corrected chi connectivity index (χ3v) is 4.87. The molecular weight excluding hydrogens is 444 g/mol. The van der Waals surface area contributed by atoms with Crippen molar-refractivity contribution < 1.29 is 23.7 Å². The van der Waals surface area contributed by atoms with Gasteiger partial charge in [-0.15, -0.1) is 0 Å². The van der Waals surface area contributed by atoms with E-state index in [2.05, 4.69) is 0 Å². The quantitative estimate of drug-likeness (QED) is 0.195. The highest BCUT2D eigenvalue weighted by Crippen LogP contribution is 2.25. The van der Waals surface area contributed by atoms with Gasteiger partial charge in [0.05, 0.1) is 13.2 Å². The SMILES string of the molecule is Nc1ccc(Oc2ccc(OCCOCCOc3ccc(Oc4ccc(N)cc4)cc3)cc2)cc1. The van der Waals surface area contributed by atoms with Crippen LogP contribution in [0.25, 0.3) is 0 Å². The third-order valence-electron chi connectivity index (χ3n) is 4.87. The Bertz CT molecular complexity index is 1070. The van der Waals surface area contributed by atoms with Gasteiger partial charge in [0.1, 0.15) is 47.7 Å². The number of anilines is 2. The Labute approximate surface area is 204 Å². The first-order chi connectivity index (χ1) is 17.1. The molecule has 0 aliphatic rings. The third kappa shape index (κ3) is 7.87. The Balaban J connectivity index is 1.08. The first-order valence-corrected chi connectivity index (χ1v) is 11.2. The van der Waals surface area contributed by atoms with E-state index in [1.54, 1.807) is 24.3 Å². The van der Waals surface area contributed by atoms with Crippen LogP contribution in [0.1, 0.15) is 0 Å². The first kappa shape index (κ1) is 23.8. The van der Waals surface area contributed by atoms with Gasteiger partial charge in [0, 0.05) is 11.4 Å². The first-order valence-electron chi connectivity index (χ1n) is 11.2. The summed E-state index contributed by atoms with van der Waals surface area (Å²) in [5.74, 6) is 4.39. The van der Waals surface area contributed by atoms with Crippen molar-refractivity contribution in [3.63, 3.8) is 0 Å². The average molecular weight is 473 g/mol. The van der Waals surface area contributed by atoms with Gasteiger partial charge in [-0.05, 0) is 97.1 Å². The Morgan fingerprint density at radius 1 is 0.371 bits per heavy atom. The summed E-state index contributed by atoms with van der Waals surface area (Å²) >= 11 is 0. The molecule has 0 aliphatic carbocycles. The zero-order valence-electron chi connectivity index (χ0n) is 19.3. The number of hydrogen-bond donors (Lipinski definition) is 2. The Kier molecular flexibility index (Phi) is 8.29. The average Bonchev–Trinajstić information content (AvgIpc) is 2.88. The Hall–Kier alpha value is -4.36. The second-order valence-electron chi connectivity index (χ2n) is 7.59. The Morgan fingerprint density at radius 3 is 1.00 bits per heavy atom. The molecule has 0 spiro atoms. The van der Waals surface area contributed by atoms with Crippen LogP contribution in [-0.4, -0.2) is 26.4 Å². The monoisotopic (exact) mass is 472 g/mol. The van der Waals surface area contributed by atoms with Gasteiger partial charge in [0.15, 0.2) is 0 Å². The molecule has 0 fully saturated rings. The number of rotatable bonds is 12. The predicted molar refractivity (Wildman–Crippen MR) is 137 cm³/mol. The molecule has 0 aliphatic heterocycles. The zero-order chi connectivity index (χ0) is 24.3. The molecule has 0 saturated heterocycles. The maximum absolute atomic E-state index is 5.77. The largest absolute Gasteiger partial charge is 0.491 e. The van der Waals surface area contributed by atoms with Gasteiger partial charge in [0.2, 0.25) is 0 Å². The van der Waals surface area contributed by atoms with Crippen LogP contribution in [0, 0.1) is 0 Å². The molecule has 0 atom stereocenters. The van der Waals surface area contributed by atoms with E-state index in [-0.39, 0.29) is 0 Å². The molecular formula is C28H28N2O5. The van der Waals surface area contributed by atoms with Crippen LogP contribution < -0.4 is 30.4 Å². The van der Waals surface area contributed by atoms with Crippen LogP contribution in [0.2, 0.25) is 0 Å². The van der Waals surface area contributed by atoms with Crippen LogP contribution in [0.4, 0.5) is 11.4 Å². The molecule has 4 rings (SSSR count). The van der Waals surface area contributed by atoms with E-state index in [9.17, 15) is 0 Å². The van der Waals surface area contributed by atoms with E-state index in [0.717, 1.165) is 34.5 Å². The van der Waals surface area contributed by atoms with E-state index < -0.39 is 0 Å². The van der Waals surface area contributed by atoms with E-state index >= 15 is 0 Å². The number of nitrogen functional groups attached to an aromatic ring is 2. The summed E-state index contributed by atoms with van der Waals surface area (Å²) in [5.41, 5.74) is 12.8. The van der Waals surface area contributed by atoms with Gasteiger partial charge in [-0.3, -0.25) is 0 Å². The molecule has 0 amide bonds. The minimum absolute atomic E-state index is 0.440. The molecule has 0 heterocycles. The maximum Gasteiger partial charge on any atom is 0.127 e. The number of ether oxygens (including phenoxy) is 5. The molecule has 0 bridgehead atoms. The summed E-state index contributed by atoms with van der Waals surface area (Å²) in [4.78, 5) is 0. The van der Waals surface area contributed by atoms with Crippen molar-refractivity contribution in [2.24, 2.45) is 0 Å². The van der Waals surface area contributed by atoms with E-state index in [4.69, 9.17) is 35.2 Å². The minimum Gasteiger partial charge on any atom is -0.491 e. The minimum atomic E-state index is 0.440. The van der Waals surface area contributed by atoms with Crippen molar-refractivity contribution in [2.75, 3.05) is 37.9 Å². The summed E-state index contributed by atoms with van der Waals surface area (Å²) in [7, 11) is 0. The molecule has 180 valence electrons. The van der Waals surface area contributed by atoms with Gasteiger partial charge in [-0.1, -0.05) is 0 Å². The van der Waals surface area contributed by atoms with Crippen molar-refractivity contribution in [3.8, 4) is 34.5 Å². The van der Waals surface area contributed by atoms with Crippen LogP contribution in [-0.2, 0) is 4.74 Å². The number of hydrogen-bond acceptors (Lipinski definition) is 7. The lowest BCUT2D eigenvalue weighted by molar-refractivity contribution is 0.0764. The normalized spacial score (nSPS) is 10.5. The lowest BCUT2D eigenvalue weighted by Crippen LogP contribution is -2.12. The van der Waals surface area contributed by atoms with E-state index in [0.29, 0.717) is 37.8 Å².